The largest absolute Gasteiger partial charge is 0.508 e. The predicted molar refractivity (Wildman–Crippen MR) is 116 cm³/mol. The standard InChI is InChI=1S/C24H30N4O/c1-3-28-15-16(14-26-28)13-25-27-23-9-8-22-21-6-4-17-12-18(29)5-7-19(17)20(21)10-11-24(22,23)2/h5,7,12-15,20-22,29H,3-4,6,8-11H2,1-2H3/b25-13-,27-23-/t20-,21+,22+,24-/m0/s1. The van der Waals surface area contributed by atoms with Crippen LogP contribution in [0.5, 0.6) is 5.75 Å². The summed E-state index contributed by atoms with van der Waals surface area (Å²) in [6.45, 7) is 5.38. The highest BCUT2D eigenvalue weighted by molar-refractivity contribution is 5.93. The minimum Gasteiger partial charge on any atom is -0.508 e. The van der Waals surface area contributed by atoms with Gasteiger partial charge in [-0.05, 0) is 86.5 Å². The molecule has 0 aliphatic heterocycles. The molecule has 1 N–H and O–H groups in total. The summed E-state index contributed by atoms with van der Waals surface area (Å²) in [6, 6.07) is 6.02. The molecule has 0 unspecified atom stereocenters. The number of phenols is 1. The number of phenolic OH excluding ortho intramolecular Hbond substituents is 1. The lowest BCUT2D eigenvalue weighted by Crippen LogP contribution is -2.42. The smallest absolute Gasteiger partial charge is 0.115 e. The van der Waals surface area contributed by atoms with E-state index in [1.165, 1.54) is 42.5 Å². The van der Waals surface area contributed by atoms with Crippen molar-refractivity contribution >= 4 is 11.9 Å². The number of rotatable bonds is 3. The Morgan fingerprint density at radius 1 is 1.28 bits per heavy atom. The van der Waals surface area contributed by atoms with E-state index in [0.717, 1.165) is 30.9 Å². The van der Waals surface area contributed by atoms with Gasteiger partial charge in [0.2, 0.25) is 0 Å². The molecule has 5 nitrogen and oxygen atoms in total. The van der Waals surface area contributed by atoms with E-state index in [2.05, 4.69) is 30.1 Å². The lowest BCUT2D eigenvalue weighted by molar-refractivity contribution is 0.0955. The van der Waals surface area contributed by atoms with Gasteiger partial charge in [-0.2, -0.15) is 15.3 Å². The fraction of sp³-hybridized carbons (Fsp3) is 0.542. The molecule has 5 heteroatoms. The van der Waals surface area contributed by atoms with Crippen molar-refractivity contribution in [3.8, 4) is 5.75 Å². The molecule has 0 saturated heterocycles. The van der Waals surface area contributed by atoms with Crippen LogP contribution in [0.2, 0.25) is 0 Å². The van der Waals surface area contributed by atoms with E-state index in [9.17, 15) is 5.11 Å². The van der Waals surface area contributed by atoms with Gasteiger partial charge in [0, 0.05) is 29.4 Å². The molecular weight excluding hydrogens is 360 g/mol. The van der Waals surface area contributed by atoms with Gasteiger partial charge < -0.3 is 5.11 Å². The van der Waals surface area contributed by atoms with Crippen LogP contribution < -0.4 is 0 Å². The van der Waals surface area contributed by atoms with Crippen LogP contribution >= 0.6 is 0 Å². The second-order valence-corrected chi connectivity index (χ2v) is 9.21. The van der Waals surface area contributed by atoms with E-state index in [-0.39, 0.29) is 5.41 Å². The van der Waals surface area contributed by atoms with Gasteiger partial charge in [-0.1, -0.05) is 13.0 Å². The summed E-state index contributed by atoms with van der Waals surface area (Å²) in [7, 11) is 0. The van der Waals surface area contributed by atoms with Crippen molar-refractivity contribution < 1.29 is 5.11 Å². The molecule has 2 saturated carbocycles. The molecule has 1 aromatic heterocycles. The molecule has 4 atom stereocenters. The highest BCUT2D eigenvalue weighted by Crippen LogP contribution is 2.60. The minimum absolute atomic E-state index is 0.181. The van der Waals surface area contributed by atoms with Crippen LogP contribution in [0.1, 0.15) is 68.6 Å². The van der Waals surface area contributed by atoms with Gasteiger partial charge in [0.05, 0.1) is 12.4 Å². The Morgan fingerprint density at radius 2 is 2.17 bits per heavy atom. The van der Waals surface area contributed by atoms with Crippen LogP contribution in [0.15, 0.2) is 40.8 Å². The summed E-state index contributed by atoms with van der Waals surface area (Å²) in [5.41, 5.74) is 5.32. The third-order valence-electron chi connectivity index (χ3n) is 7.81. The van der Waals surface area contributed by atoms with Gasteiger partial charge in [-0.15, -0.1) is 0 Å². The molecule has 3 aliphatic rings. The van der Waals surface area contributed by atoms with Crippen molar-refractivity contribution in [2.75, 3.05) is 0 Å². The fourth-order valence-corrected chi connectivity index (χ4v) is 6.31. The molecule has 1 aromatic carbocycles. The Kier molecular flexibility index (Phi) is 4.56. The molecular formula is C24H30N4O. The third kappa shape index (κ3) is 3.11. The van der Waals surface area contributed by atoms with Gasteiger partial charge in [-0.25, -0.2) is 0 Å². The molecule has 5 rings (SSSR count). The predicted octanol–water partition coefficient (Wildman–Crippen LogP) is 4.94. The summed E-state index contributed by atoms with van der Waals surface area (Å²) in [4.78, 5) is 0. The van der Waals surface area contributed by atoms with Gasteiger partial charge in [-0.3, -0.25) is 4.68 Å². The van der Waals surface area contributed by atoms with Crippen molar-refractivity contribution in [1.29, 1.82) is 0 Å². The average molecular weight is 391 g/mol. The first-order chi connectivity index (χ1) is 14.1. The van der Waals surface area contributed by atoms with Crippen molar-refractivity contribution in [1.82, 2.24) is 9.78 Å². The SMILES string of the molecule is CCn1cc(/C=N\N=C2\CC[C@@H]3[C@@H]4CCc5cc(O)ccc5[C@@H]4CC[C@]23C)cn1. The average Bonchev–Trinajstić information content (AvgIpc) is 3.32. The Labute approximate surface area is 172 Å². The van der Waals surface area contributed by atoms with Crippen molar-refractivity contribution in [3.05, 3.63) is 47.3 Å². The highest BCUT2D eigenvalue weighted by Gasteiger charge is 2.53. The van der Waals surface area contributed by atoms with Crippen molar-refractivity contribution in [2.24, 2.45) is 27.5 Å². The van der Waals surface area contributed by atoms with Crippen molar-refractivity contribution in [3.63, 3.8) is 0 Å². The first-order valence-electron chi connectivity index (χ1n) is 11.0. The van der Waals surface area contributed by atoms with E-state index in [4.69, 9.17) is 5.10 Å². The molecule has 152 valence electrons. The summed E-state index contributed by atoms with van der Waals surface area (Å²) in [6.07, 6.45) is 12.7. The van der Waals surface area contributed by atoms with E-state index >= 15 is 0 Å². The summed E-state index contributed by atoms with van der Waals surface area (Å²) in [5, 5.41) is 23.3. The second kappa shape index (κ2) is 7.12. The Hall–Kier alpha value is -2.43. The number of aromatic hydroxyl groups is 1. The van der Waals surface area contributed by atoms with Crippen LogP contribution in [0.3, 0.4) is 0 Å². The number of hydrogen-bond donors (Lipinski definition) is 1. The number of benzene rings is 1. The maximum atomic E-state index is 9.86. The molecule has 2 aromatic rings. The van der Waals surface area contributed by atoms with Gasteiger partial charge >= 0.3 is 0 Å². The number of nitrogens with zero attached hydrogens (tertiary/aromatic N) is 4. The van der Waals surface area contributed by atoms with Gasteiger partial charge in [0.25, 0.3) is 0 Å². The molecule has 3 aliphatic carbocycles. The molecule has 0 amide bonds. The number of fused-ring (bicyclic) bond motifs is 5. The van der Waals surface area contributed by atoms with E-state index in [1.807, 2.05) is 35.4 Å². The van der Waals surface area contributed by atoms with Crippen LogP contribution in [-0.2, 0) is 13.0 Å². The van der Waals surface area contributed by atoms with Crippen LogP contribution in [0, 0.1) is 17.3 Å². The summed E-state index contributed by atoms with van der Waals surface area (Å²) >= 11 is 0. The first kappa shape index (κ1) is 18.6. The summed E-state index contributed by atoms with van der Waals surface area (Å²) in [5.74, 6) is 2.46. The van der Waals surface area contributed by atoms with Crippen LogP contribution in [0.25, 0.3) is 0 Å². The fourth-order valence-electron chi connectivity index (χ4n) is 6.31. The topological polar surface area (TPSA) is 62.8 Å². The Morgan fingerprint density at radius 3 is 3.00 bits per heavy atom. The molecule has 2 fully saturated rings. The number of aryl methyl sites for hydroxylation is 2. The molecule has 0 radical (unpaired) electrons. The van der Waals surface area contributed by atoms with Crippen LogP contribution in [0.4, 0.5) is 0 Å². The number of hydrogen-bond acceptors (Lipinski definition) is 4. The maximum Gasteiger partial charge on any atom is 0.115 e. The molecule has 0 bridgehead atoms. The maximum absolute atomic E-state index is 9.86. The monoisotopic (exact) mass is 390 g/mol. The zero-order valence-corrected chi connectivity index (χ0v) is 17.4. The zero-order valence-electron chi connectivity index (χ0n) is 17.4. The normalized spacial score (nSPS) is 32.3. The van der Waals surface area contributed by atoms with E-state index < -0.39 is 0 Å². The number of aromatic nitrogens is 2. The van der Waals surface area contributed by atoms with E-state index in [0.29, 0.717) is 17.6 Å². The molecule has 1 heterocycles. The Bertz CT molecular complexity index is 975. The minimum atomic E-state index is 0.181. The zero-order chi connectivity index (χ0) is 20.0. The van der Waals surface area contributed by atoms with Gasteiger partial charge in [0.1, 0.15) is 5.75 Å². The van der Waals surface area contributed by atoms with E-state index in [1.54, 1.807) is 0 Å². The third-order valence-corrected chi connectivity index (χ3v) is 7.81. The molecule has 0 spiro atoms. The summed E-state index contributed by atoms with van der Waals surface area (Å²) < 4.78 is 1.91. The highest BCUT2D eigenvalue weighted by atomic mass is 16.3. The second-order valence-electron chi connectivity index (χ2n) is 9.21. The molecule has 29 heavy (non-hydrogen) atoms. The quantitative estimate of drug-likeness (QED) is 0.596. The van der Waals surface area contributed by atoms with Crippen LogP contribution in [-0.4, -0.2) is 26.8 Å². The first-order valence-corrected chi connectivity index (χ1v) is 11.0. The Balaban J connectivity index is 1.37. The van der Waals surface area contributed by atoms with Crippen molar-refractivity contribution in [2.45, 2.75) is 64.8 Å². The lowest BCUT2D eigenvalue weighted by atomic mass is 9.55. The lowest BCUT2D eigenvalue weighted by Gasteiger charge is -2.49. The van der Waals surface area contributed by atoms with Gasteiger partial charge in [0.15, 0.2) is 0 Å².